The van der Waals surface area contributed by atoms with Gasteiger partial charge in [0.2, 0.25) is 5.75 Å². The van der Waals surface area contributed by atoms with Crippen molar-refractivity contribution in [2.75, 3.05) is 14.2 Å². The van der Waals surface area contributed by atoms with Crippen molar-refractivity contribution in [3.8, 4) is 17.2 Å². The van der Waals surface area contributed by atoms with Crippen LogP contribution in [0.2, 0.25) is 5.02 Å². The lowest BCUT2D eigenvalue weighted by Gasteiger charge is -2.09. The molecule has 2 rings (SSSR count). The molecule has 0 atom stereocenters. The molecule has 0 heterocycles. The summed E-state index contributed by atoms with van der Waals surface area (Å²) in [6.07, 6.45) is 1.41. The number of phenols is 1. The van der Waals surface area contributed by atoms with Gasteiger partial charge in [-0.2, -0.15) is 5.10 Å². The molecule has 1 amide bonds. The number of ether oxygens (including phenoxy) is 2. The molecule has 0 bridgehead atoms. The number of aromatic hydroxyl groups is 1. The molecule has 0 fully saturated rings. The Labute approximate surface area is 138 Å². The molecule has 0 aliphatic rings. The van der Waals surface area contributed by atoms with E-state index >= 15 is 0 Å². The maximum atomic E-state index is 11.9. The molecular weight excluding hydrogens is 320 g/mol. The Balaban J connectivity index is 2.13. The van der Waals surface area contributed by atoms with Crippen LogP contribution in [0.4, 0.5) is 0 Å². The predicted molar refractivity (Wildman–Crippen MR) is 87.7 cm³/mol. The van der Waals surface area contributed by atoms with Crippen molar-refractivity contribution in [2.24, 2.45) is 5.10 Å². The smallest absolute Gasteiger partial charge is 0.271 e. The van der Waals surface area contributed by atoms with Gasteiger partial charge < -0.3 is 14.6 Å². The molecule has 0 saturated heterocycles. The van der Waals surface area contributed by atoms with E-state index < -0.39 is 0 Å². The average Bonchev–Trinajstić information content (AvgIpc) is 2.55. The van der Waals surface area contributed by atoms with Crippen molar-refractivity contribution in [2.45, 2.75) is 0 Å². The first-order valence-corrected chi connectivity index (χ1v) is 6.97. The van der Waals surface area contributed by atoms with Gasteiger partial charge in [0.1, 0.15) is 0 Å². The van der Waals surface area contributed by atoms with Crippen LogP contribution in [0.3, 0.4) is 0 Å². The topological polar surface area (TPSA) is 80.2 Å². The van der Waals surface area contributed by atoms with Gasteiger partial charge in [0, 0.05) is 16.1 Å². The molecule has 120 valence electrons. The minimum atomic E-state index is -0.388. The monoisotopic (exact) mass is 334 g/mol. The second-order valence-electron chi connectivity index (χ2n) is 4.48. The van der Waals surface area contributed by atoms with E-state index in [0.717, 1.165) is 0 Å². The second kappa shape index (κ2) is 7.51. The number of carbonyl (C=O) groups is 1. The number of hydrogen-bond acceptors (Lipinski definition) is 5. The van der Waals surface area contributed by atoms with E-state index in [1.807, 2.05) is 0 Å². The third-order valence-corrected chi connectivity index (χ3v) is 3.20. The molecule has 2 aromatic carbocycles. The Morgan fingerprint density at radius 2 is 1.87 bits per heavy atom. The van der Waals surface area contributed by atoms with Crippen LogP contribution in [0.5, 0.6) is 17.2 Å². The number of nitrogens with one attached hydrogen (secondary N) is 1. The fraction of sp³-hybridized carbons (Fsp3) is 0.125. The third-order valence-electron chi connectivity index (χ3n) is 2.97. The molecule has 0 aromatic heterocycles. The van der Waals surface area contributed by atoms with Crippen molar-refractivity contribution in [1.82, 2.24) is 5.43 Å². The number of amides is 1. The summed E-state index contributed by atoms with van der Waals surface area (Å²) in [6, 6.07) is 9.65. The summed E-state index contributed by atoms with van der Waals surface area (Å²) < 4.78 is 10.1. The first-order valence-electron chi connectivity index (χ1n) is 6.59. The average molecular weight is 335 g/mol. The Morgan fingerprint density at radius 1 is 1.22 bits per heavy atom. The lowest BCUT2D eigenvalue weighted by atomic mass is 10.2. The third kappa shape index (κ3) is 4.14. The number of halogens is 1. The largest absolute Gasteiger partial charge is 0.502 e. The number of nitrogens with zero attached hydrogens (tertiary/aromatic N) is 1. The van der Waals surface area contributed by atoms with E-state index in [-0.39, 0.29) is 23.2 Å². The quantitative estimate of drug-likeness (QED) is 0.651. The van der Waals surface area contributed by atoms with Gasteiger partial charge in [0.15, 0.2) is 11.5 Å². The van der Waals surface area contributed by atoms with E-state index in [0.29, 0.717) is 16.1 Å². The zero-order valence-electron chi connectivity index (χ0n) is 12.5. The summed E-state index contributed by atoms with van der Waals surface area (Å²) in [6.45, 7) is 0. The van der Waals surface area contributed by atoms with E-state index in [4.69, 9.17) is 21.1 Å². The zero-order chi connectivity index (χ0) is 16.8. The van der Waals surface area contributed by atoms with Crippen LogP contribution in [0.15, 0.2) is 41.5 Å². The van der Waals surface area contributed by atoms with E-state index in [2.05, 4.69) is 10.5 Å². The molecule has 2 aromatic rings. The van der Waals surface area contributed by atoms with Gasteiger partial charge >= 0.3 is 0 Å². The molecule has 0 aliphatic heterocycles. The maximum absolute atomic E-state index is 11.9. The van der Waals surface area contributed by atoms with Crippen molar-refractivity contribution >= 4 is 23.7 Å². The van der Waals surface area contributed by atoms with Gasteiger partial charge in [-0.15, -0.1) is 0 Å². The highest BCUT2D eigenvalue weighted by molar-refractivity contribution is 6.30. The molecule has 0 spiro atoms. The van der Waals surface area contributed by atoms with E-state index in [1.54, 1.807) is 36.4 Å². The Bertz CT molecular complexity index is 722. The Morgan fingerprint density at radius 3 is 2.43 bits per heavy atom. The standard InChI is InChI=1S/C16H15ClN2O4/c1-22-13-6-10(7-14(23-2)15(13)20)9-18-19-16(21)11-4-3-5-12(17)8-11/h3-9,20H,1-2H3,(H,19,21). The molecule has 6 nitrogen and oxygen atoms in total. The first kappa shape index (κ1) is 16.6. The van der Waals surface area contributed by atoms with Crippen LogP contribution in [-0.2, 0) is 0 Å². The number of benzene rings is 2. The maximum Gasteiger partial charge on any atom is 0.271 e. The highest BCUT2D eigenvalue weighted by Crippen LogP contribution is 2.36. The molecule has 23 heavy (non-hydrogen) atoms. The highest BCUT2D eigenvalue weighted by Gasteiger charge is 2.10. The number of hydrazone groups is 1. The van der Waals surface area contributed by atoms with Gasteiger partial charge in [-0.05, 0) is 30.3 Å². The molecule has 7 heteroatoms. The van der Waals surface area contributed by atoms with Crippen LogP contribution in [0.25, 0.3) is 0 Å². The van der Waals surface area contributed by atoms with Crippen LogP contribution in [-0.4, -0.2) is 31.4 Å². The summed E-state index contributed by atoms with van der Waals surface area (Å²) in [5, 5.41) is 14.2. The van der Waals surface area contributed by atoms with Crippen molar-refractivity contribution in [1.29, 1.82) is 0 Å². The lowest BCUT2D eigenvalue weighted by Crippen LogP contribution is -2.17. The van der Waals surface area contributed by atoms with Gasteiger partial charge in [-0.3, -0.25) is 4.79 Å². The first-order chi connectivity index (χ1) is 11.0. The second-order valence-corrected chi connectivity index (χ2v) is 4.92. The van der Waals surface area contributed by atoms with Crippen LogP contribution in [0.1, 0.15) is 15.9 Å². The Kier molecular flexibility index (Phi) is 5.43. The van der Waals surface area contributed by atoms with E-state index in [9.17, 15) is 9.90 Å². The Hall–Kier alpha value is -2.73. The number of hydrogen-bond donors (Lipinski definition) is 2. The van der Waals surface area contributed by atoms with Crippen LogP contribution in [0, 0.1) is 0 Å². The summed E-state index contributed by atoms with van der Waals surface area (Å²) in [5.41, 5.74) is 3.38. The van der Waals surface area contributed by atoms with Crippen molar-refractivity contribution in [3.63, 3.8) is 0 Å². The number of phenolic OH excluding ortho intramolecular Hbond substituents is 1. The molecular formula is C16H15ClN2O4. The predicted octanol–water partition coefficient (Wildman–Crippen LogP) is 2.83. The molecule has 0 unspecified atom stereocenters. The van der Waals surface area contributed by atoms with Gasteiger partial charge in [0.25, 0.3) is 5.91 Å². The summed E-state index contributed by atoms with van der Waals surface area (Å²) >= 11 is 5.83. The van der Waals surface area contributed by atoms with Crippen LogP contribution < -0.4 is 14.9 Å². The normalized spacial score (nSPS) is 10.6. The molecule has 0 saturated carbocycles. The SMILES string of the molecule is COc1cc(C=NNC(=O)c2cccc(Cl)c2)cc(OC)c1O. The molecule has 2 N–H and O–H groups in total. The lowest BCUT2D eigenvalue weighted by molar-refractivity contribution is 0.0955. The van der Waals surface area contributed by atoms with E-state index in [1.165, 1.54) is 20.4 Å². The fourth-order valence-electron chi connectivity index (χ4n) is 1.85. The van der Waals surface area contributed by atoms with Gasteiger partial charge in [-0.1, -0.05) is 17.7 Å². The minimum Gasteiger partial charge on any atom is -0.502 e. The summed E-state index contributed by atoms with van der Waals surface area (Å²) in [5.74, 6) is -0.00416. The zero-order valence-corrected chi connectivity index (χ0v) is 13.3. The van der Waals surface area contributed by atoms with Gasteiger partial charge in [0.05, 0.1) is 20.4 Å². The minimum absolute atomic E-state index is 0.102. The van der Waals surface area contributed by atoms with Crippen molar-refractivity contribution in [3.05, 3.63) is 52.5 Å². The number of carbonyl (C=O) groups excluding carboxylic acids is 1. The molecule has 0 radical (unpaired) electrons. The van der Waals surface area contributed by atoms with Gasteiger partial charge in [-0.25, -0.2) is 5.43 Å². The highest BCUT2D eigenvalue weighted by atomic mass is 35.5. The number of rotatable bonds is 5. The number of methoxy groups -OCH3 is 2. The van der Waals surface area contributed by atoms with Crippen LogP contribution >= 0.6 is 11.6 Å². The van der Waals surface area contributed by atoms with Crippen molar-refractivity contribution < 1.29 is 19.4 Å². The summed E-state index contributed by atoms with van der Waals surface area (Å²) in [7, 11) is 2.85. The fourth-order valence-corrected chi connectivity index (χ4v) is 2.04. The molecule has 0 aliphatic carbocycles. The summed E-state index contributed by atoms with van der Waals surface area (Å²) in [4.78, 5) is 11.9.